The molecule has 3 aromatic rings. The van der Waals surface area contributed by atoms with Gasteiger partial charge in [0.25, 0.3) is 0 Å². The van der Waals surface area contributed by atoms with Crippen LogP contribution in [-0.4, -0.2) is 62.0 Å². The third-order valence-corrected chi connectivity index (χ3v) is 8.08. The lowest BCUT2D eigenvalue weighted by atomic mass is 10.1. The van der Waals surface area contributed by atoms with Gasteiger partial charge < -0.3 is 4.98 Å². The quantitative estimate of drug-likeness (QED) is 0.728. The number of likely N-dealkylation sites (tertiary alicyclic amines) is 1. The van der Waals surface area contributed by atoms with E-state index in [9.17, 15) is 8.42 Å². The second-order valence-electron chi connectivity index (χ2n) is 7.46. The van der Waals surface area contributed by atoms with Gasteiger partial charge in [-0.05, 0) is 37.8 Å². The molecule has 0 bridgehead atoms. The van der Waals surface area contributed by atoms with Gasteiger partial charge in [0.05, 0.1) is 28.8 Å². The molecule has 5 rings (SSSR count). The zero-order chi connectivity index (χ0) is 17.9. The number of hydrogen-bond donors (Lipinski definition) is 1. The van der Waals surface area contributed by atoms with Crippen LogP contribution in [0.15, 0.2) is 18.5 Å². The molecule has 0 aromatic carbocycles. The minimum atomic E-state index is -2.95. The Hall–Kier alpha value is -2.00. The van der Waals surface area contributed by atoms with Crippen molar-refractivity contribution in [2.45, 2.75) is 37.5 Å². The van der Waals surface area contributed by atoms with Crippen LogP contribution in [0.1, 0.15) is 38.1 Å². The molecule has 1 aliphatic carbocycles. The molecule has 0 radical (unpaired) electrons. The Morgan fingerprint density at radius 1 is 1.31 bits per heavy atom. The second-order valence-corrected chi connectivity index (χ2v) is 9.78. The molecule has 2 atom stereocenters. The van der Waals surface area contributed by atoms with Gasteiger partial charge in [-0.25, -0.2) is 13.4 Å². The van der Waals surface area contributed by atoms with Crippen LogP contribution in [0, 0.1) is 5.92 Å². The van der Waals surface area contributed by atoms with Crippen LogP contribution in [0.25, 0.3) is 16.8 Å². The van der Waals surface area contributed by atoms with E-state index in [0.29, 0.717) is 5.75 Å². The van der Waals surface area contributed by atoms with E-state index in [-0.39, 0.29) is 17.2 Å². The second kappa shape index (κ2) is 5.75. The van der Waals surface area contributed by atoms with Crippen molar-refractivity contribution >= 4 is 26.6 Å². The molecule has 138 valence electrons. The first-order valence-electron chi connectivity index (χ1n) is 9.19. The van der Waals surface area contributed by atoms with Crippen LogP contribution < -0.4 is 0 Å². The molecule has 4 heterocycles. The fourth-order valence-electron chi connectivity index (χ4n) is 4.24. The Morgan fingerprint density at radius 3 is 2.92 bits per heavy atom. The monoisotopic (exact) mass is 374 g/mol. The number of H-pyrrole nitrogens is 1. The molecule has 0 amide bonds. The summed E-state index contributed by atoms with van der Waals surface area (Å²) >= 11 is 0. The lowest BCUT2D eigenvalue weighted by Gasteiger charge is -2.21. The number of rotatable bonds is 5. The average Bonchev–Trinajstić information content (AvgIpc) is 3.06. The van der Waals surface area contributed by atoms with Crippen molar-refractivity contribution in [3.05, 3.63) is 24.3 Å². The molecule has 2 fully saturated rings. The van der Waals surface area contributed by atoms with Crippen molar-refractivity contribution in [1.29, 1.82) is 0 Å². The molecule has 1 aliphatic heterocycles. The van der Waals surface area contributed by atoms with Crippen molar-refractivity contribution in [3.8, 4) is 0 Å². The maximum Gasteiger partial charge on any atom is 0.180 e. The Morgan fingerprint density at radius 2 is 2.15 bits per heavy atom. The average molecular weight is 374 g/mol. The molecule has 0 unspecified atom stereocenters. The topological polar surface area (TPSA) is 96.2 Å². The maximum atomic E-state index is 12.4. The van der Waals surface area contributed by atoms with Gasteiger partial charge in [-0.15, -0.1) is 10.2 Å². The first kappa shape index (κ1) is 16.2. The summed E-state index contributed by atoms with van der Waals surface area (Å²) in [6.07, 6.45) is 6.05. The third-order valence-electron chi connectivity index (χ3n) is 5.66. The van der Waals surface area contributed by atoms with E-state index >= 15 is 0 Å². The number of fused-ring (bicyclic) bond motifs is 3. The fraction of sp³-hybridized carbons (Fsp3) is 0.588. The SMILES string of the molecule is CCN1C[C@H](CS(=O)(=O)C2CC2)C[C@@H]1c1nnc2cnc3[nH]ccc3n12. The molecule has 1 saturated carbocycles. The molecule has 0 spiro atoms. The van der Waals surface area contributed by atoms with Crippen LogP contribution in [-0.2, 0) is 9.84 Å². The molecule has 9 heteroatoms. The molecule has 2 aliphatic rings. The number of hydrogen-bond acceptors (Lipinski definition) is 6. The highest BCUT2D eigenvalue weighted by molar-refractivity contribution is 7.92. The molecular weight excluding hydrogens is 352 g/mol. The van der Waals surface area contributed by atoms with Gasteiger partial charge in [-0.2, -0.15) is 0 Å². The van der Waals surface area contributed by atoms with Gasteiger partial charge in [0.1, 0.15) is 0 Å². The lowest BCUT2D eigenvalue weighted by molar-refractivity contribution is 0.259. The minimum absolute atomic E-state index is 0.0786. The van der Waals surface area contributed by atoms with Crippen molar-refractivity contribution in [2.24, 2.45) is 5.92 Å². The van der Waals surface area contributed by atoms with Gasteiger partial charge in [0.2, 0.25) is 0 Å². The molecule has 1 saturated heterocycles. The minimum Gasteiger partial charge on any atom is -0.345 e. The van der Waals surface area contributed by atoms with Crippen LogP contribution >= 0.6 is 0 Å². The van der Waals surface area contributed by atoms with E-state index in [2.05, 4.69) is 32.0 Å². The zero-order valence-electron chi connectivity index (χ0n) is 14.7. The number of aromatic nitrogens is 5. The van der Waals surface area contributed by atoms with Crippen molar-refractivity contribution in [2.75, 3.05) is 18.8 Å². The van der Waals surface area contributed by atoms with Gasteiger partial charge >= 0.3 is 0 Å². The van der Waals surface area contributed by atoms with Gasteiger partial charge in [0.15, 0.2) is 27.0 Å². The number of nitrogens with one attached hydrogen (secondary N) is 1. The smallest absolute Gasteiger partial charge is 0.180 e. The normalized spacial score (nSPS) is 24.8. The molecule has 3 aromatic heterocycles. The summed E-state index contributed by atoms with van der Waals surface area (Å²) in [7, 11) is -2.95. The van der Waals surface area contributed by atoms with E-state index in [1.807, 2.05) is 16.7 Å². The van der Waals surface area contributed by atoms with Gasteiger partial charge in [0, 0.05) is 12.7 Å². The van der Waals surface area contributed by atoms with E-state index in [0.717, 1.165) is 55.0 Å². The molecule has 1 N–H and O–H groups in total. The summed E-state index contributed by atoms with van der Waals surface area (Å²) in [5, 5.41) is 8.66. The Bertz CT molecular complexity index is 1070. The lowest BCUT2D eigenvalue weighted by Crippen LogP contribution is -2.26. The Kier molecular flexibility index (Phi) is 3.58. The highest BCUT2D eigenvalue weighted by Crippen LogP contribution is 2.38. The number of nitrogens with zero attached hydrogens (tertiary/aromatic N) is 5. The van der Waals surface area contributed by atoms with Gasteiger partial charge in [-0.3, -0.25) is 9.30 Å². The van der Waals surface area contributed by atoms with E-state index < -0.39 is 9.84 Å². The molecular formula is C17H22N6O2S. The van der Waals surface area contributed by atoms with Crippen LogP contribution in [0.2, 0.25) is 0 Å². The summed E-state index contributed by atoms with van der Waals surface area (Å²) < 4.78 is 26.9. The van der Waals surface area contributed by atoms with E-state index in [1.165, 1.54) is 0 Å². The van der Waals surface area contributed by atoms with Crippen molar-refractivity contribution in [3.63, 3.8) is 0 Å². The maximum absolute atomic E-state index is 12.4. The zero-order valence-corrected chi connectivity index (χ0v) is 15.5. The predicted octanol–water partition coefficient (Wildman–Crippen LogP) is 1.57. The first-order valence-corrected chi connectivity index (χ1v) is 10.9. The van der Waals surface area contributed by atoms with E-state index in [4.69, 9.17) is 0 Å². The van der Waals surface area contributed by atoms with Crippen molar-refractivity contribution in [1.82, 2.24) is 29.5 Å². The van der Waals surface area contributed by atoms with Crippen LogP contribution in [0.3, 0.4) is 0 Å². The molecule has 8 nitrogen and oxygen atoms in total. The van der Waals surface area contributed by atoms with Crippen LogP contribution in [0.4, 0.5) is 0 Å². The summed E-state index contributed by atoms with van der Waals surface area (Å²) in [5.41, 5.74) is 2.47. The largest absolute Gasteiger partial charge is 0.345 e. The number of aromatic amines is 1. The number of sulfone groups is 1. The molecule has 26 heavy (non-hydrogen) atoms. The van der Waals surface area contributed by atoms with Crippen LogP contribution in [0.5, 0.6) is 0 Å². The predicted molar refractivity (Wildman–Crippen MR) is 97.5 cm³/mol. The Labute approximate surface area is 151 Å². The fourth-order valence-corrected chi connectivity index (χ4v) is 6.27. The summed E-state index contributed by atoms with van der Waals surface area (Å²) in [5.74, 6) is 1.32. The summed E-state index contributed by atoms with van der Waals surface area (Å²) in [6, 6.07) is 2.05. The third kappa shape index (κ3) is 2.52. The standard InChI is InChI=1S/C17H22N6O2S/c1-2-22-9-11(10-26(24,25)12-3-4-12)7-14(22)17-21-20-15-8-19-16-13(23(15)17)5-6-18-16/h5-6,8,11-12,14,18H,2-4,7,9-10H2,1H3/t11-,14-/m1/s1. The highest BCUT2D eigenvalue weighted by atomic mass is 32.2. The van der Waals surface area contributed by atoms with E-state index in [1.54, 1.807) is 6.20 Å². The summed E-state index contributed by atoms with van der Waals surface area (Å²) in [6.45, 7) is 3.77. The van der Waals surface area contributed by atoms with Crippen molar-refractivity contribution < 1.29 is 8.42 Å². The first-order chi connectivity index (χ1) is 12.6. The Balaban J connectivity index is 1.50. The highest BCUT2D eigenvalue weighted by Gasteiger charge is 2.41. The van der Waals surface area contributed by atoms with Gasteiger partial charge in [-0.1, -0.05) is 6.92 Å². The summed E-state index contributed by atoms with van der Waals surface area (Å²) in [4.78, 5) is 9.81.